The van der Waals surface area contributed by atoms with Crippen LogP contribution in [0.25, 0.3) is 0 Å². The lowest BCUT2D eigenvalue weighted by molar-refractivity contribution is -0.120. The van der Waals surface area contributed by atoms with Gasteiger partial charge in [0.05, 0.1) is 22.3 Å². The predicted molar refractivity (Wildman–Crippen MR) is 69.7 cm³/mol. The second kappa shape index (κ2) is 4.29. The van der Waals surface area contributed by atoms with Crippen LogP contribution in [0.5, 0.6) is 0 Å². The fraction of sp³-hybridized carbons (Fsp3) is 0.429. The number of hydrogen-bond acceptors (Lipinski definition) is 3. The first-order chi connectivity index (χ1) is 8.69. The van der Waals surface area contributed by atoms with Gasteiger partial charge in [-0.2, -0.15) is 5.26 Å². The number of ketones is 1. The Balaban J connectivity index is 1.97. The highest BCUT2D eigenvalue weighted by atomic mass is 35.5. The Morgan fingerprint density at radius 3 is 2.50 bits per heavy atom. The molecule has 2 aliphatic rings. The van der Waals surface area contributed by atoms with Crippen LogP contribution in [0.15, 0.2) is 18.2 Å². The first kappa shape index (κ1) is 11.6. The van der Waals surface area contributed by atoms with Gasteiger partial charge >= 0.3 is 0 Å². The van der Waals surface area contributed by atoms with Gasteiger partial charge in [0.2, 0.25) is 0 Å². The third-order valence-corrected chi connectivity index (χ3v) is 4.20. The molecule has 2 bridgehead atoms. The van der Waals surface area contributed by atoms with Crippen molar-refractivity contribution in [3.63, 3.8) is 0 Å². The maximum absolute atomic E-state index is 11.6. The first-order valence-electron chi connectivity index (χ1n) is 6.18. The Morgan fingerprint density at radius 2 is 1.94 bits per heavy atom. The number of carbonyl (C=O) groups is 1. The maximum atomic E-state index is 11.6. The Bertz CT molecular complexity index is 533. The van der Waals surface area contributed by atoms with E-state index in [0.29, 0.717) is 41.3 Å². The number of benzene rings is 1. The average molecular weight is 261 g/mol. The van der Waals surface area contributed by atoms with Gasteiger partial charge in [-0.25, -0.2) is 0 Å². The summed E-state index contributed by atoms with van der Waals surface area (Å²) >= 11 is 6.26. The number of anilines is 1. The van der Waals surface area contributed by atoms with Gasteiger partial charge in [-0.15, -0.1) is 0 Å². The zero-order valence-corrected chi connectivity index (χ0v) is 10.7. The molecule has 3 rings (SSSR count). The lowest BCUT2D eigenvalue weighted by Gasteiger charge is -2.36. The molecule has 18 heavy (non-hydrogen) atoms. The highest BCUT2D eigenvalue weighted by Crippen LogP contribution is 2.40. The number of nitrogens with zero attached hydrogens (tertiary/aromatic N) is 2. The van der Waals surface area contributed by atoms with Crippen molar-refractivity contribution in [1.29, 1.82) is 5.26 Å². The summed E-state index contributed by atoms with van der Waals surface area (Å²) in [5, 5.41) is 9.46. The van der Waals surface area contributed by atoms with Crippen LogP contribution in [0.3, 0.4) is 0 Å². The van der Waals surface area contributed by atoms with E-state index in [1.807, 2.05) is 6.07 Å². The van der Waals surface area contributed by atoms with Gasteiger partial charge in [-0.1, -0.05) is 11.6 Å². The van der Waals surface area contributed by atoms with Gasteiger partial charge in [-0.05, 0) is 31.0 Å². The summed E-state index contributed by atoms with van der Waals surface area (Å²) in [6, 6.07) is 8.07. The number of hydrogen-bond donors (Lipinski definition) is 0. The molecule has 2 saturated heterocycles. The molecule has 0 amide bonds. The van der Waals surface area contributed by atoms with E-state index in [0.717, 1.165) is 18.5 Å². The molecule has 0 aromatic heterocycles. The molecule has 2 aliphatic heterocycles. The molecule has 2 unspecified atom stereocenters. The molecule has 2 atom stereocenters. The summed E-state index contributed by atoms with van der Waals surface area (Å²) < 4.78 is 0. The van der Waals surface area contributed by atoms with Crippen LogP contribution in [-0.4, -0.2) is 17.9 Å². The lowest BCUT2D eigenvalue weighted by Crippen LogP contribution is -2.43. The van der Waals surface area contributed by atoms with E-state index >= 15 is 0 Å². The van der Waals surface area contributed by atoms with Gasteiger partial charge < -0.3 is 4.90 Å². The van der Waals surface area contributed by atoms with Crippen molar-refractivity contribution in [2.24, 2.45) is 0 Å². The molecule has 2 fully saturated rings. The van der Waals surface area contributed by atoms with Gasteiger partial charge in [0.25, 0.3) is 0 Å². The molecular formula is C14H13ClN2O. The van der Waals surface area contributed by atoms with E-state index in [-0.39, 0.29) is 0 Å². The van der Waals surface area contributed by atoms with E-state index < -0.39 is 0 Å². The minimum absolute atomic E-state index is 0.293. The summed E-state index contributed by atoms with van der Waals surface area (Å²) in [6.07, 6.45) is 3.39. The Kier molecular flexibility index (Phi) is 2.76. The quantitative estimate of drug-likeness (QED) is 0.780. The molecule has 0 saturated carbocycles. The van der Waals surface area contributed by atoms with Crippen molar-refractivity contribution in [1.82, 2.24) is 0 Å². The number of nitriles is 1. The normalized spacial score (nSPS) is 26.2. The van der Waals surface area contributed by atoms with E-state index in [1.54, 1.807) is 12.1 Å². The van der Waals surface area contributed by atoms with Crippen molar-refractivity contribution in [2.45, 2.75) is 37.8 Å². The SMILES string of the molecule is N#Cc1ccc(N2C3CCC2CC(=O)C3)c(Cl)c1. The molecule has 1 aromatic carbocycles. The highest BCUT2D eigenvalue weighted by Gasteiger charge is 2.40. The number of Topliss-reactive ketones (excluding diaryl/α,β-unsaturated/α-hetero) is 1. The van der Waals surface area contributed by atoms with Crippen LogP contribution in [0, 0.1) is 11.3 Å². The number of halogens is 1. The number of fused-ring (bicyclic) bond motifs is 2. The van der Waals surface area contributed by atoms with Crippen molar-refractivity contribution in [3.8, 4) is 6.07 Å². The minimum atomic E-state index is 0.293. The average Bonchev–Trinajstić information content (AvgIpc) is 2.61. The van der Waals surface area contributed by atoms with Crippen LogP contribution in [0.2, 0.25) is 5.02 Å². The van der Waals surface area contributed by atoms with Crippen LogP contribution in [0.1, 0.15) is 31.2 Å². The Morgan fingerprint density at radius 1 is 1.28 bits per heavy atom. The van der Waals surface area contributed by atoms with Crippen LogP contribution < -0.4 is 4.90 Å². The van der Waals surface area contributed by atoms with Gasteiger partial charge in [0.15, 0.2) is 0 Å². The molecule has 0 aliphatic carbocycles. The third kappa shape index (κ3) is 1.77. The van der Waals surface area contributed by atoms with E-state index in [4.69, 9.17) is 16.9 Å². The number of carbonyl (C=O) groups excluding carboxylic acids is 1. The van der Waals surface area contributed by atoms with E-state index in [2.05, 4.69) is 11.0 Å². The van der Waals surface area contributed by atoms with Crippen molar-refractivity contribution >= 4 is 23.1 Å². The lowest BCUT2D eigenvalue weighted by atomic mass is 10.0. The second-order valence-corrected chi connectivity index (χ2v) is 5.42. The predicted octanol–water partition coefficient (Wildman–Crippen LogP) is 2.91. The zero-order valence-electron chi connectivity index (χ0n) is 9.90. The fourth-order valence-electron chi connectivity index (χ4n) is 3.15. The standard InChI is InChI=1S/C14H13ClN2O/c15-13-5-9(8-16)1-4-14(13)17-10-2-3-11(17)7-12(18)6-10/h1,4-5,10-11H,2-3,6-7H2. The zero-order chi connectivity index (χ0) is 12.7. The summed E-state index contributed by atoms with van der Waals surface area (Å²) in [5.74, 6) is 0.364. The molecule has 92 valence electrons. The molecule has 1 aromatic rings. The highest BCUT2D eigenvalue weighted by molar-refractivity contribution is 6.33. The van der Waals surface area contributed by atoms with Crippen molar-refractivity contribution < 1.29 is 4.79 Å². The smallest absolute Gasteiger partial charge is 0.137 e. The minimum Gasteiger partial charge on any atom is -0.363 e. The maximum Gasteiger partial charge on any atom is 0.137 e. The fourth-order valence-corrected chi connectivity index (χ4v) is 3.43. The van der Waals surface area contributed by atoms with Crippen molar-refractivity contribution in [3.05, 3.63) is 28.8 Å². The summed E-state index contributed by atoms with van der Waals surface area (Å²) in [5.41, 5.74) is 1.54. The molecule has 4 heteroatoms. The second-order valence-electron chi connectivity index (χ2n) is 5.02. The molecule has 3 nitrogen and oxygen atoms in total. The molecular weight excluding hydrogens is 248 g/mol. The number of piperidine rings is 1. The van der Waals surface area contributed by atoms with Gasteiger partial charge in [-0.3, -0.25) is 4.79 Å². The molecule has 0 spiro atoms. The summed E-state index contributed by atoms with van der Waals surface area (Å²) in [6.45, 7) is 0. The van der Waals surface area contributed by atoms with Crippen LogP contribution >= 0.6 is 11.6 Å². The van der Waals surface area contributed by atoms with Crippen LogP contribution in [-0.2, 0) is 4.79 Å². The largest absolute Gasteiger partial charge is 0.363 e. The van der Waals surface area contributed by atoms with E-state index in [1.165, 1.54) is 0 Å². The third-order valence-electron chi connectivity index (χ3n) is 3.90. The van der Waals surface area contributed by atoms with Crippen LogP contribution in [0.4, 0.5) is 5.69 Å². The van der Waals surface area contributed by atoms with Gasteiger partial charge in [0, 0.05) is 24.9 Å². The summed E-state index contributed by atoms with van der Waals surface area (Å²) in [4.78, 5) is 13.9. The Hall–Kier alpha value is -1.53. The topological polar surface area (TPSA) is 44.1 Å². The molecule has 0 radical (unpaired) electrons. The molecule has 0 N–H and O–H groups in total. The van der Waals surface area contributed by atoms with E-state index in [9.17, 15) is 4.79 Å². The van der Waals surface area contributed by atoms with Gasteiger partial charge in [0.1, 0.15) is 5.78 Å². The Labute approximate surface area is 111 Å². The van der Waals surface area contributed by atoms with Crippen molar-refractivity contribution in [2.75, 3.05) is 4.90 Å². The monoisotopic (exact) mass is 260 g/mol. The number of rotatable bonds is 1. The summed E-state index contributed by atoms with van der Waals surface area (Å²) in [7, 11) is 0. The molecule has 2 heterocycles. The first-order valence-corrected chi connectivity index (χ1v) is 6.56.